The molecule has 0 aliphatic carbocycles. The van der Waals surface area contributed by atoms with E-state index in [4.69, 9.17) is 23.2 Å². The Morgan fingerprint density at radius 2 is 0.663 bits per heavy atom. The van der Waals surface area contributed by atoms with Gasteiger partial charge in [-0.1, -0.05) is 319 Å². The average molecular weight is 1180 g/mol. The summed E-state index contributed by atoms with van der Waals surface area (Å²) in [4.78, 5) is 0. The predicted octanol–water partition coefficient (Wildman–Crippen LogP) is 20.4. The Bertz CT molecular complexity index is 2070. The molecule has 5 rings (SSSR count). The highest BCUT2D eigenvalue weighted by Crippen LogP contribution is 2.44. The zero-order valence-corrected chi connectivity index (χ0v) is 55.3. The van der Waals surface area contributed by atoms with E-state index in [1.54, 1.807) is 0 Å². The maximum Gasteiger partial charge on any atom is 0.104 e. The van der Waals surface area contributed by atoms with Gasteiger partial charge in [-0.3, -0.25) is 0 Å². The maximum absolute atomic E-state index is 10.6. The number of aryl methyl sites for hydroxylation is 1. The van der Waals surface area contributed by atoms with Crippen molar-refractivity contribution in [3.63, 3.8) is 0 Å². The molecule has 5 aromatic rings. The number of unbranched alkanes of at least 4 members (excludes halogenated alkanes) is 28. The van der Waals surface area contributed by atoms with Crippen LogP contribution in [-0.4, -0.2) is 64.2 Å². The Kier molecular flexibility index (Phi) is 40.7. The lowest BCUT2D eigenvalue weighted by atomic mass is 9.66. The summed E-state index contributed by atoms with van der Waals surface area (Å²) in [5.41, 5.74) is 7.23. The molecule has 0 bridgehead atoms. The molecule has 0 N–H and O–H groups in total. The zero-order valence-electron chi connectivity index (χ0n) is 53.8. The first-order chi connectivity index (χ1) is 40.2. The number of hydrogen-bond acceptors (Lipinski definition) is 3. The Morgan fingerprint density at radius 1 is 0.373 bits per heavy atom. The second kappa shape index (κ2) is 45.8. The van der Waals surface area contributed by atoms with E-state index in [1.165, 1.54) is 215 Å². The lowest BCUT2D eigenvalue weighted by Gasteiger charge is -2.36. The molecule has 0 aromatic heterocycles. The highest BCUT2D eigenvalue weighted by Gasteiger charge is 2.36. The van der Waals surface area contributed by atoms with Crippen molar-refractivity contribution in [2.75, 3.05) is 47.9 Å². The number of halogens is 2. The van der Waals surface area contributed by atoms with Gasteiger partial charge in [0.1, 0.15) is 13.1 Å². The second-order valence-corrected chi connectivity index (χ2v) is 26.4. The molecule has 83 heavy (non-hydrogen) atoms. The molecule has 8 heteroatoms. The van der Waals surface area contributed by atoms with Gasteiger partial charge in [-0.15, -0.1) is 0 Å². The van der Waals surface area contributed by atoms with E-state index in [2.05, 4.69) is 163 Å². The first-order valence-electron chi connectivity index (χ1n) is 33.4. The first kappa shape index (κ1) is 73.8. The van der Waals surface area contributed by atoms with Crippen LogP contribution >= 0.6 is 23.2 Å². The van der Waals surface area contributed by atoms with Gasteiger partial charge >= 0.3 is 0 Å². The van der Waals surface area contributed by atoms with Crippen molar-refractivity contribution in [3.05, 3.63) is 177 Å². The van der Waals surface area contributed by atoms with E-state index in [1.807, 2.05) is 24.3 Å². The van der Waals surface area contributed by atoms with E-state index in [0.717, 1.165) is 52.4 Å². The van der Waals surface area contributed by atoms with Crippen LogP contribution in [0.5, 0.6) is 0 Å². The van der Waals surface area contributed by atoms with Crippen molar-refractivity contribution in [2.45, 2.75) is 245 Å². The van der Waals surface area contributed by atoms with Crippen molar-refractivity contribution in [1.82, 2.24) is 0 Å². The molecule has 0 fully saturated rings. The number of quaternary nitrogens is 2. The molecule has 462 valence electrons. The average Bonchev–Trinajstić information content (AvgIpc) is 3.59. The third-order valence-corrected chi connectivity index (χ3v) is 17.3. The third kappa shape index (κ3) is 35.1. The van der Waals surface area contributed by atoms with Crippen LogP contribution in [-0.2, 0) is 23.2 Å². The van der Waals surface area contributed by atoms with E-state index in [9.17, 15) is 10.0 Å². The minimum absolute atomic E-state index is 0.192. The van der Waals surface area contributed by atoms with Crippen molar-refractivity contribution < 1.29 is 23.7 Å². The molecule has 0 radical (unpaired) electrons. The van der Waals surface area contributed by atoms with Crippen LogP contribution in [0.15, 0.2) is 133 Å². The molecule has 0 spiro atoms. The lowest BCUT2D eigenvalue weighted by Crippen LogP contribution is -2.47. The third-order valence-electron chi connectivity index (χ3n) is 16.8. The van der Waals surface area contributed by atoms with E-state index >= 15 is 0 Å². The van der Waals surface area contributed by atoms with Gasteiger partial charge in [0.15, 0.2) is 0 Å². The fourth-order valence-corrected chi connectivity index (χ4v) is 12.1. The smallest absolute Gasteiger partial charge is 0.104 e. The molecular formula is C75H117BCl2N2O3. The Labute approximate surface area is 520 Å². The summed E-state index contributed by atoms with van der Waals surface area (Å²) in [6.45, 7) is 11.8. The lowest BCUT2D eigenvalue weighted by molar-refractivity contribution is -0.903. The van der Waals surface area contributed by atoms with Crippen LogP contribution in [0.2, 0.25) is 10.0 Å². The van der Waals surface area contributed by atoms with Gasteiger partial charge in [0.05, 0.1) is 48.6 Å². The summed E-state index contributed by atoms with van der Waals surface area (Å²) < 4.78 is 6.85. The van der Waals surface area contributed by atoms with Gasteiger partial charge < -0.3 is 23.7 Å². The fraction of sp³-hybridized carbons (Fsp3) is 0.600. The first-order valence-corrected chi connectivity index (χ1v) is 34.2. The normalized spacial score (nSPS) is 11.7. The number of nitrogens with zero attached hydrogens (tertiary/aromatic N) is 2. The largest absolute Gasteiger partial charge is 0.871 e. The number of hydrogen-bond donors (Lipinski definition) is 0. The van der Waals surface area contributed by atoms with Gasteiger partial charge in [-0.25, -0.2) is 0 Å². The highest BCUT2D eigenvalue weighted by atomic mass is 35.5. The molecule has 0 unspecified atom stereocenters. The number of benzene rings is 5. The molecule has 0 aliphatic rings. The fourth-order valence-electron chi connectivity index (χ4n) is 11.9. The molecule has 0 aliphatic heterocycles. The van der Waals surface area contributed by atoms with Crippen molar-refractivity contribution >= 4 is 30.5 Å². The summed E-state index contributed by atoms with van der Waals surface area (Å²) in [7, 11) is 7.27. The maximum atomic E-state index is 10.6. The van der Waals surface area contributed by atoms with Crippen LogP contribution in [0.1, 0.15) is 253 Å². The van der Waals surface area contributed by atoms with Crippen LogP contribution in [0.25, 0.3) is 0 Å². The predicted molar refractivity (Wildman–Crippen MR) is 359 cm³/mol. The van der Waals surface area contributed by atoms with Gasteiger partial charge in [0, 0.05) is 33.2 Å². The van der Waals surface area contributed by atoms with E-state index in [-0.39, 0.29) is 12.0 Å². The SMILES string of the molecule is CCCCCCCCCCCCCCCC[N+](C)(C)Cc1ccccc1.CCCCCCCCCCCCCCCC[N+](C)(C)Cc1ccccc1.Cc1ccc(C(CCCCCOB([O-])[O-])(c2ccc(Cl)cc2)c2ccc(Cl)cc2)cc1. The Morgan fingerprint density at radius 3 is 0.976 bits per heavy atom. The van der Waals surface area contributed by atoms with Crippen molar-refractivity contribution in [1.29, 1.82) is 0 Å². The molecule has 0 saturated carbocycles. The van der Waals surface area contributed by atoms with E-state index < -0.39 is 7.32 Å². The molecule has 5 aromatic carbocycles. The molecular weight excluding hydrogens is 1060 g/mol. The molecule has 0 atom stereocenters. The molecule has 0 heterocycles. The number of rotatable bonds is 44. The topological polar surface area (TPSA) is 55.3 Å². The summed E-state index contributed by atoms with van der Waals surface area (Å²) >= 11 is 12.4. The van der Waals surface area contributed by atoms with Crippen LogP contribution < -0.4 is 10.0 Å². The minimum Gasteiger partial charge on any atom is -0.871 e. The molecule has 0 amide bonds. The quantitative estimate of drug-likeness (QED) is 0.0169. The van der Waals surface area contributed by atoms with Gasteiger partial charge in [0.2, 0.25) is 0 Å². The van der Waals surface area contributed by atoms with Crippen molar-refractivity contribution in [2.24, 2.45) is 0 Å². The molecule has 5 nitrogen and oxygen atoms in total. The van der Waals surface area contributed by atoms with Crippen LogP contribution in [0.4, 0.5) is 0 Å². The zero-order chi connectivity index (χ0) is 60.1. The summed E-state index contributed by atoms with van der Waals surface area (Å²) in [6.07, 6.45) is 43.6. The van der Waals surface area contributed by atoms with Crippen LogP contribution in [0, 0.1) is 6.92 Å². The van der Waals surface area contributed by atoms with Gasteiger partial charge in [0.25, 0.3) is 0 Å². The van der Waals surface area contributed by atoms with E-state index in [0.29, 0.717) is 16.5 Å². The van der Waals surface area contributed by atoms with Gasteiger partial charge in [-0.2, -0.15) is 0 Å². The Balaban J connectivity index is 0.000000329. The van der Waals surface area contributed by atoms with Crippen LogP contribution in [0.3, 0.4) is 0 Å². The van der Waals surface area contributed by atoms with Crippen molar-refractivity contribution in [3.8, 4) is 0 Å². The summed E-state index contributed by atoms with van der Waals surface area (Å²) in [5, 5.41) is 22.5. The monoisotopic (exact) mass is 1170 g/mol. The minimum atomic E-state index is -2.21. The van der Waals surface area contributed by atoms with Gasteiger partial charge in [-0.05, 0) is 86.4 Å². The summed E-state index contributed by atoms with van der Waals surface area (Å²) in [5.74, 6) is 0. The standard InChI is InChI=1S/C25H25BCl2O3.2C25H46N/c1-19-5-7-20(8-6-19)25(21-9-13-23(27)14-10-21,22-11-15-24(28)16-12-22)17-3-2-4-18-31-26(29)30;2*1-4-5-6-7-8-9-10-11-12-13-14-15-16-20-23-26(2,3)24-25-21-18-17-19-22-25/h5-16H,2-4,17-18H2,1H3;2*17-19,21-22H,4-16,20,23-24H2,1-3H3/q-2;2*+1. The second-order valence-electron chi connectivity index (χ2n) is 25.6. The Hall–Kier alpha value is -3.46. The summed E-state index contributed by atoms with van der Waals surface area (Å²) in [6, 6.07) is 46.5. The molecule has 0 saturated heterocycles. The highest BCUT2D eigenvalue weighted by molar-refractivity contribution is 6.30.